The molecule has 2 aromatic rings. The van der Waals surface area contributed by atoms with Crippen LogP contribution < -0.4 is 5.73 Å². The second-order valence-electron chi connectivity index (χ2n) is 5.17. The molecule has 0 amide bonds. The molecule has 0 bridgehead atoms. The molecule has 100 valence electrons. The van der Waals surface area contributed by atoms with Crippen LogP contribution in [0.3, 0.4) is 0 Å². The first kappa shape index (κ1) is 11.8. The van der Waals surface area contributed by atoms with E-state index in [2.05, 4.69) is 18.2 Å². The maximum absolute atomic E-state index is 6.03. The highest BCUT2D eigenvalue weighted by atomic mass is 35.5. The van der Waals surface area contributed by atoms with Crippen LogP contribution in [0, 0.1) is 0 Å². The number of anilines is 1. The monoisotopic (exact) mass is 284 g/mol. The molecular formula is C16H13ClN2O. The molecule has 4 heteroatoms. The van der Waals surface area contributed by atoms with Crippen molar-refractivity contribution in [1.29, 1.82) is 0 Å². The maximum atomic E-state index is 6.03. The van der Waals surface area contributed by atoms with Crippen molar-refractivity contribution in [2.24, 2.45) is 4.99 Å². The topological polar surface area (TPSA) is 47.6 Å². The normalized spacial score (nSPS) is 22.9. The van der Waals surface area contributed by atoms with E-state index in [0.29, 0.717) is 16.6 Å². The lowest BCUT2D eigenvalue weighted by atomic mass is 10.1. The summed E-state index contributed by atoms with van der Waals surface area (Å²) in [5, 5.41) is 0.637. The van der Waals surface area contributed by atoms with Gasteiger partial charge in [0.25, 0.3) is 0 Å². The van der Waals surface area contributed by atoms with Gasteiger partial charge in [-0.25, -0.2) is 4.99 Å². The molecule has 2 N–H and O–H groups in total. The maximum Gasteiger partial charge on any atom is 0.219 e. The van der Waals surface area contributed by atoms with Gasteiger partial charge >= 0.3 is 0 Å². The SMILES string of the molecule is Nc1ccc(Cl)cc1C1=N[C@H]2c3ccccc3C[C@H]2O1. The Morgan fingerprint density at radius 2 is 2.05 bits per heavy atom. The largest absolute Gasteiger partial charge is 0.471 e. The summed E-state index contributed by atoms with van der Waals surface area (Å²) in [6.07, 6.45) is 0.981. The molecule has 0 spiro atoms. The summed E-state index contributed by atoms with van der Waals surface area (Å²) < 4.78 is 6.00. The smallest absolute Gasteiger partial charge is 0.219 e. The molecule has 2 atom stereocenters. The van der Waals surface area contributed by atoms with E-state index in [1.807, 2.05) is 12.1 Å². The third kappa shape index (κ3) is 1.70. The molecule has 1 aliphatic heterocycles. The lowest BCUT2D eigenvalue weighted by Crippen LogP contribution is -2.14. The van der Waals surface area contributed by atoms with E-state index in [4.69, 9.17) is 27.1 Å². The van der Waals surface area contributed by atoms with Crippen LogP contribution in [0.25, 0.3) is 0 Å². The standard InChI is InChI=1S/C16H13ClN2O/c17-10-5-6-13(18)12(8-10)16-19-15-11-4-2-1-3-9(11)7-14(15)20-16/h1-6,8,14-15H,7,18H2/t14-,15+/m1/s1. The lowest BCUT2D eigenvalue weighted by molar-refractivity contribution is 0.206. The molecule has 0 unspecified atom stereocenters. The van der Waals surface area contributed by atoms with Gasteiger partial charge < -0.3 is 10.5 Å². The van der Waals surface area contributed by atoms with Gasteiger partial charge in [-0.2, -0.15) is 0 Å². The van der Waals surface area contributed by atoms with Crippen molar-refractivity contribution in [3.05, 3.63) is 64.2 Å². The zero-order valence-corrected chi connectivity index (χ0v) is 11.5. The fourth-order valence-corrected chi connectivity index (χ4v) is 3.12. The minimum atomic E-state index is 0.0829. The Balaban J connectivity index is 1.76. The van der Waals surface area contributed by atoms with Crippen molar-refractivity contribution < 1.29 is 4.74 Å². The Hall–Kier alpha value is -2.00. The van der Waals surface area contributed by atoms with E-state index < -0.39 is 0 Å². The van der Waals surface area contributed by atoms with Gasteiger partial charge in [0.1, 0.15) is 12.1 Å². The van der Waals surface area contributed by atoms with Gasteiger partial charge in [-0.05, 0) is 29.3 Å². The molecule has 1 heterocycles. The fraction of sp³-hybridized carbons (Fsp3) is 0.188. The first-order valence-electron chi connectivity index (χ1n) is 6.60. The van der Waals surface area contributed by atoms with Crippen LogP contribution >= 0.6 is 11.6 Å². The van der Waals surface area contributed by atoms with Crippen LogP contribution in [-0.4, -0.2) is 12.0 Å². The number of hydrogen-bond acceptors (Lipinski definition) is 3. The van der Waals surface area contributed by atoms with Crippen molar-refractivity contribution in [2.45, 2.75) is 18.6 Å². The lowest BCUT2D eigenvalue weighted by Gasteiger charge is -2.10. The second kappa shape index (κ2) is 4.25. The number of nitrogen functional groups attached to an aromatic ring is 1. The minimum Gasteiger partial charge on any atom is -0.471 e. The average molecular weight is 285 g/mol. The number of rotatable bonds is 1. The van der Waals surface area contributed by atoms with Crippen molar-refractivity contribution in [1.82, 2.24) is 0 Å². The van der Waals surface area contributed by atoms with E-state index in [9.17, 15) is 0 Å². The number of nitrogens with two attached hydrogens (primary N) is 1. The molecule has 2 aromatic carbocycles. The van der Waals surface area contributed by atoms with E-state index in [1.165, 1.54) is 11.1 Å². The Morgan fingerprint density at radius 3 is 2.95 bits per heavy atom. The van der Waals surface area contributed by atoms with Crippen molar-refractivity contribution in [2.75, 3.05) is 5.73 Å². The number of fused-ring (bicyclic) bond motifs is 3. The van der Waals surface area contributed by atoms with E-state index >= 15 is 0 Å². The first-order valence-corrected chi connectivity index (χ1v) is 6.98. The summed E-state index contributed by atoms with van der Waals surface area (Å²) in [4.78, 5) is 4.72. The van der Waals surface area contributed by atoms with Crippen molar-refractivity contribution in [3.63, 3.8) is 0 Å². The highest BCUT2D eigenvalue weighted by Gasteiger charge is 2.39. The van der Waals surface area contributed by atoms with E-state index in [-0.39, 0.29) is 12.1 Å². The third-order valence-electron chi connectivity index (χ3n) is 3.91. The van der Waals surface area contributed by atoms with Crippen molar-refractivity contribution in [3.8, 4) is 0 Å². The van der Waals surface area contributed by atoms with Gasteiger partial charge in [-0.3, -0.25) is 0 Å². The average Bonchev–Trinajstić information content (AvgIpc) is 2.99. The molecule has 3 nitrogen and oxygen atoms in total. The third-order valence-corrected chi connectivity index (χ3v) is 4.15. The van der Waals surface area contributed by atoms with Crippen LogP contribution in [0.1, 0.15) is 22.7 Å². The summed E-state index contributed by atoms with van der Waals surface area (Å²) in [7, 11) is 0. The van der Waals surface area contributed by atoms with Crippen LogP contribution in [-0.2, 0) is 11.2 Å². The number of aliphatic imine (C=N–C) groups is 1. The first-order chi connectivity index (χ1) is 9.72. The summed E-state index contributed by atoms with van der Waals surface area (Å²) in [6.45, 7) is 0. The number of halogens is 1. The Labute approximate surface area is 122 Å². The summed E-state index contributed by atoms with van der Waals surface area (Å²) >= 11 is 6.03. The molecular weight excluding hydrogens is 272 g/mol. The van der Waals surface area contributed by atoms with E-state index in [1.54, 1.807) is 12.1 Å². The summed E-state index contributed by atoms with van der Waals surface area (Å²) in [5.41, 5.74) is 10.00. The molecule has 2 aliphatic rings. The number of hydrogen-bond donors (Lipinski definition) is 1. The van der Waals surface area contributed by atoms with Crippen LogP contribution in [0.15, 0.2) is 47.5 Å². The highest BCUT2D eigenvalue weighted by Crippen LogP contribution is 2.41. The van der Waals surface area contributed by atoms with Crippen molar-refractivity contribution >= 4 is 23.2 Å². The molecule has 4 rings (SSSR count). The molecule has 0 fully saturated rings. The van der Waals surface area contributed by atoms with Gasteiger partial charge in [0, 0.05) is 17.1 Å². The number of ether oxygens (including phenoxy) is 1. The molecule has 0 radical (unpaired) electrons. The summed E-state index contributed by atoms with van der Waals surface area (Å²) in [6, 6.07) is 13.8. The second-order valence-corrected chi connectivity index (χ2v) is 5.61. The fourth-order valence-electron chi connectivity index (χ4n) is 2.94. The molecule has 1 aliphatic carbocycles. The molecule has 0 saturated carbocycles. The molecule has 20 heavy (non-hydrogen) atoms. The van der Waals surface area contributed by atoms with E-state index in [0.717, 1.165) is 12.0 Å². The minimum absolute atomic E-state index is 0.0829. The van der Waals surface area contributed by atoms with Gasteiger partial charge in [0.2, 0.25) is 5.90 Å². The predicted molar refractivity (Wildman–Crippen MR) is 80.2 cm³/mol. The van der Waals surface area contributed by atoms with Gasteiger partial charge in [0.05, 0.1) is 5.56 Å². The van der Waals surface area contributed by atoms with Gasteiger partial charge in [0.15, 0.2) is 0 Å². The van der Waals surface area contributed by atoms with Crippen LogP contribution in [0.2, 0.25) is 5.02 Å². The number of benzene rings is 2. The van der Waals surface area contributed by atoms with Crippen LogP contribution in [0.4, 0.5) is 5.69 Å². The predicted octanol–water partition coefficient (Wildman–Crippen LogP) is 3.37. The van der Waals surface area contributed by atoms with Crippen LogP contribution in [0.5, 0.6) is 0 Å². The highest BCUT2D eigenvalue weighted by molar-refractivity contribution is 6.31. The zero-order chi connectivity index (χ0) is 13.7. The Kier molecular flexibility index (Phi) is 2.51. The molecule has 0 aromatic heterocycles. The quantitative estimate of drug-likeness (QED) is 0.816. The summed E-state index contributed by atoms with van der Waals surface area (Å²) in [5.74, 6) is 0.606. The Bertz CT molecular complexity index is 726. The van der Waals surface area contributed by atoms with Gasteiger partial charge in [-0.15, -0.1) is 0 Å². The zero-order valence-electron chi connectivity index (χ0n) is 10.7. The van der Waals surface area contributed by atoms with Gasteiger partial charge in [-0.1, -0.05) is 35.9 Å². The Morgan fingerprint density at radius 1 is 1.20 bits per heavy atom. The molecule has 0 saturated heterocycles. The number of nitrogens with zero attached hydrogens (tertiary/aromatic N) is 1.